The lowest BCUT2D eigenvalue weighted by atomic mass is 9.97. The number of thiazole rings is 1. The average Bonchev–Trinajstić information content (AvgIpc) is 3.69. The van der Waals surface area contributed by atoms with Gasteiger partial charge in [0.15, 0.2) is 0 Å². The molecule has 1 aliphatic rings. The summed E-state index contributed by atoms with van der Waals surface area (Å²) in [4.78, 5) is 44.0. The Morgan fingerprint density at radius 3 is 2.57 bits per heavy atom. The highest BCUT2D eigenvalue weighted by molar-refractivity contribution is 7.10. The van der Waals surface area contributed by atoms with E-state index >= 15 is 0 Å². The van der Waals surface area contributed by atoms with Gasteiger partial charge in [-0.05, 0) is 54.3 Å². The number of para-hydroxylation sites is 1. The maximum Gasteiger partial charge on any atom is 0.289 e. The van der Waals surface area contributed by atoms with Gasteiger partial charge in [0.2, 0.25) is 5.91 Å². The van der Waals surface area contributed by atoms with Crippen molar-refractivity contribution in [3.8, 4) is 5.69 Å². The van der Waals surface area contributed by atoms with Crippen LogP contribution in [0.3, 0.4) is 0 Å². The standard InChI is InChI=1S/C26H26N6O3S2/c1-17-21(14-27-32(17)20-5-3-2-4-6-20)26(35)31-10-7-19(8-11-31)25-28-22(16-37-25)24(34)30-29-23(33)13-18-9-12-36-15-18/h2-6,9,12,14-16,19H,7-8,10-11,13H2,1H3,(H,29,33)(H,30,34). The zero-order valence-electron chi connectivity index (χ0n) is 20.2. The molecule has 0 aliphatic carbocycles. The smallest absolute Gasteiger partial charge is 0.289 e. The number of hydrogen-bond donors (Lipinski definition) is 2. The highest BCUT2D eigenvalue weighted by atomic mass is 32.1. The van der Waals surface area contributed by atoms with Crippen molar-refractivity contribution < 1.29 is 14.4 Å². The van der Waals surface area contributed by atoms with Gasteiger partial charge in [-0.15, -0.1) is 11.3 Å². The number of hydrazine groups is 1. The van der Waals surface area contributed by atoms with Crippen LogP contribution in [0.15, 0.2) is 58.7 Å². The van der Waals surface area contributed by atoms with Crippen LogP contribution >= 0.6 is 22.7 Å². The zero-order chi connectivity index (χ0) is 25.8. The Labute approximate surface area is 222 Å². The van der Waals surface area contributed by atoms with Gasteiger partial charge >= 0.3 is 0 Å². The van der Waals surface area contributed by atoms with Gasteiger partial charge in [0.05, 0.1) is 34.6 Å². The molecule has 0 saturated carbocycles. The first-order chi connectivity index (χ1) is 18.0. The largest absolute Gasteiger partial charge is 0.338 e. The number of thiophene rings is 1. The van der Waals surface area contributed by atoms with Crippen LogP contribution in [-0.2, 0) is 11.2 Å². The first-order valence-electron chi connectivity index (χ1n) is 11.9. The van der Waals surface area contributed by atoms with E-state index in [0.29, 0.717) is 18.7 Å². The van der Waals surface area contributed by atoms with Crippen molar-refractivity contribution in [3.63, 3.8) is 0 Å². The molecule has 4 heterocycles. The molecule has 1 aromatic carbocycles. The van der Waals surface area contributed by atoms with E-state index in [0.717, 1.165) is 34.8 Å². The fourth-order valence-electron chi connectivity index (χ4n) is 4.34. The Hall–Kier alpha value is -3.83. The number of hydrogen-bond acceptors (Lipinski definition) is 7. The van der Waals surface area contributed by atoms with E-state index in [9.17, 15) is 14.4 Å². The van der Waals surface area contributed by atoms with Crippen LogP contribution in [0.5, 0.6) is 0 Å². The minimum absolute atomic E-state index is 0.0180. The van der Waals surface area contributed by atoms with Gasteiger partial charge in [-0.3, -0.25) is 25.2 Å². The summed E-state index contributed by atoms with van der Waals surface area (Å²) in [7, 11) is 0. The summed E-state index contributed by atoms with van der Waals surface area (Å²) < 4.78 is 1.78. The third kappa shape index (κ3) is 5.62. The van der Waals surface area contributed by atoms with Gasteiger partial charge in [0.25, 0.3) is 11.8 Å². The number of nitrogens with one attached hydrogen (secondary N) is 2. The number of piperidine rings is 1. The number of likely N-dealkylation sites (tertiary alicyclic amines) is 1. The molecule has 1 aliphatic heterocycles. The topological polar surface area (TPSA) is 109 Å². The van der Waals surface area contributed by atoms with E-state index in [-0.39, 0.29) is 29.8 Å². The van der Waals surface area contributed by atoms with E-state index in [1.54, 1.807) is 16.3 Å². The molecule has 0 radical (unpaired) electrons. The minimum atomic E-state index is -0.445. The van der Waals surface area contributed by atoms with Crippen molar-refractivity contribution in [2.45, 2.75) is 32.1 Å². The number of amides is 3. The van der Waals surface area contributed by atoms with Crippen LogP contribution in [0.1, 0.15) is 55.9 Å². The Kier molecular flexibility index (Phi) is 7.42. The molecule has 0 bridgehead atoms. The number of aromatic nitrogens is 3. The molecule has 0 unspecified atom stereocenters. The number of nitrogens with zero attached hydrogens (tertiary/aromatic N) is 4. The summed E-state index contributed by atoms with van der Waals surface area (Å²) in [6.07, 6.45) is 3.38. The highest BCUT2D eigenvalue weighted by Gasteiger charge is 2.28. The molecule has 9 nitrogen and oxygen atoms in total. The maximum atomic E-state index is 13.2. The van der Waals surface area contributed by atoms with E-state index in [2.05, 4.69) is 20.9 Å². The SMILES string of the molecule is Cc1c(C(=O)N2CCC(c3nc(C(=O)NNC(=O)Cc4ccsc4)cs3)CC2)cnn1-c1ccccc1. The summed E-state index contributed by atoms with van der Waals surface area (Å²) in [6.45, 7) is 3.13. The Morgan fingerprint density at radius 1 is 1.05 bits per heavy atom. The van der Waals surface area contributed by atoms with Crippen molar-refractivity contribution in [3.05, 3.63) is 86.3 Å². The lowest BCUT2D eigenvalue weighted by molar-refractivity contribution is -0.121. The van der Waals surface area contributed by atoms with Gasteiger partial charge in [-0.25, -0.2) is 9.67 Å². The van der Waals surface area contributed by atoms with Crippen LogP contribution in [0.4, 0.5) is 0 Å². The molecule has 1 fully saturated rings. The van der Waals surface area contributed by atoms with Crippen molar-refractivity contribution >= 4 is 40.4 Å². The Balaban J connectivity index is 1.14. The lowest BCUT2D eigenvalue weighted by Gasteiger charge is -2.31. The summed E-state index contributed by atoms with van der Waals surface area (Å²) in [5, 5.41) is 10.8. The third-order valence-electron chi connectivity index (χ3n) is 6.39. The van der Waals surface area contributed by atoms with Crippen molar-refractivity contribution in [2.24, 2.45) is 0 Å². The first kappa shape index (κ1) is 24.8. The zero-order valence-corrected chi connectivity index (χ0v) is 21.8. The number of rotatable bonds is 6. The first-order valence-corrected chi connectivity index (χ1v) is 13.8. The van der Waals surface area contributed by atoms with Crippen LogP contribution in [0, 0.1) is 6.92 Å². The molecule has 4 aromatic rings. The van der Waals surface area contributed by atoms with E-state index in [1.807, 2.05) is 59.0 Å². The van der Waals surface area contributed by atoms with Crippen LogP contribution in [0.2, 0.25) is 0 Å². The van der Waals surface area contributed by atoms with Crippen molar-refractivity contribution in [2.75, 3.05) is 13.1 Å². The number of carbonyl (C=O) groups is 3. The summed E-state index contributed by atoms with van der Waals surface area (Å²) in [5.74, 6) is -0.573. The van der Waals surface area contributed by atoms with Crippen LogP contribution in [0.25, 0.3) is 5.69 Å². The monoisotopic (exact) mass is 534 g/mol. The van der Waals surface area contributed by atoms with Crippen LogP contribution in [-0.4, -0.2) is 50.5 Å². The molecule has 5 rings (SSSR count). The van der Waals surface area contributed by atoms with Gasteiger partial charge in [-0.2, -0.15) is 16.4 Å². The fourth-order valence-corrected chi connectivity index (χ4v) is 5.98. The fraction of sp³-hybridized carbons (Fsp3) is 0.269. The lowest BCUT2D eigenvalue weighted by Crippen LogP contribution is -2.42. The highest BCUT2D eigenvalue weighted by Crippen LogP contribution is 2.31. The molecular weight excluding hydrogens is 508 g/mol. The number of carbonyl (C=O) groups excluding carboxylic acids is 3. The average molecular weight is 535 g/mol. The predicted molar refractivity (Wildman–Crippen MR) is 142 cm³/mol. The maximum absolute atomic E-state index is 13.2. The molecule has 190 valence electrons. The molecule has 11 heteroatoms. The second-order valence-corrected chi connectivity index (χ2v) is 10.5. The van der Waals surface area contributed by atoms with Crippen molar-refractivity contribution in [1.29, 1.82) is 0 Å². The van der Waals surface area contributed by atoms with Gasteiger partial charge in [0.1, 0.15) is 5.69 Å². The predicted octanol–water partition coefficient (Wildman–Crippen LogP) is 3.72. The second-order valence-electron chi connectivity index (χ2n) is 8.84. The molecular formula is C26H26N6O3S2. The molecule has 3 aromatic heterocycles. The van der Waals surface area contributed by atoms with Crippen LogP contribution < -0.4 is 10.9 Å². The molecule has 2 N–H and O–H groups in total. The second kappa shape index (κ2) is 11.1. The van der Waals surface area contributed by atoms with Crippen molar-refractivity contribution in [1.82, 2.24) is 30.5 Å². The quantitative estimate of drug-likeness (QED) is 0.367. The summed E-state index contributed by atoms with van der Waals surface area (Å²) in [6, 6.07) is 11.6. The molecule has 0 spiro atoms. The third-order valence-corrected chi connectivity index (χ3v) is 8.13. The molecule has 37 heavy (non-hydrogen) atoms. The normalized spacial score (nSPS) is 13.9. The Morgan fingerprint density at radius 2 is 1.84 bits per heavy atom. The van der Waals surface area contributed by atoms with Gasteiger partial charge in [-0.1, -0.05) is 18.2 Å². The summed E-state index contributed by atoms with van der Waals surface area (Å²) in [5.41, 5.74) is 8.39. The van der Waals surface area contributed by atoms with E-state index in [4.69, 9.17) is 0 Å². The molecule has 0 atom stereocenters. The minimum Gasteiger partial charge on any atom is -0.338 e. The van der Waals surface area contributed by atoms with E-state index in [1.165, 1.54) is 22.7 Å². The molecule has 1 saturated heterocycles. The molecule has 3 amide bonds. The Bertz CT molecular complexity index is 1390. The van der Waals surface area contributed by atoms with E-state index < -0.39 is 5.91 Å². The number of benzene rings is 1. The summed E-state index contributed by atoms with van der Waals surface area (Å²) >= 11 is 2.95. The van der Waals surface area contributed by atoms with Gasteiger partial charge in [0, 0.05) is 24.4 Å². The van der Waals surface area contributed by atoms with Gasteiger partial charge < -0.3 is 4.90 Å².